The van der Waals surface area contributed by atoms with Gasteiger partial charge in [-0.2, -0.15) is 0 Å². The summed E-state index contributed by atoms with van der Waals surface area (Å²) in [6.45, 7) is 4.45. The summed E-state index contributed by atoms with van der Waals surface area (Å²) < 4.78 is 39.7. The number of hydrogen-bond donors (Lipinski definition) is 2. The van der Waals surface area contributed by atoms with Crippen molar-refractivity contribution in [3.8, 4) is 0 Å². The molecule has 2 N–H and O–H groups in total. The lowest BCUT2D eigenvalue weighted by Crippen LogP contribution is -2.30. The third-order valence-corrected chi connectivity index (χ3v) is 15.1. The Morgan fingerprint density at radius 2 is 0.643 bits per heavy atom. The van der Waals surface area contributed by atoms with Crippen molar-refractivity contribution in [1.82, 2.24) is 0 Å². The van der Waals surface area contributed by atoms with Crippen LogP contribution in [0, 0.1) is 0 Å². The smallest absolute Gasteiger partial charge is 0.462 e. The summed E-state index contributed by atoms with van der Waals surface area (Å²) in [4.78, 5) is 48.8. The van der Waals surface area contributed by atoms with E-state index in [0.29, 0.717) is 25.7 Å². The van der Waals surface area contributed by atoms with Gasteiger partial charge in [-0.25, -0.2) is 4.57 Å². The van der Waals surface area contributed by atoms with E-state index in [4.69, 9.17) is 23.3 Å². The van der Waals surface area contributed by atoms with E-state index in [1.807, 2.05) is 12.2 Å². The monoisotopic (exact) mass is 1190 g/mol. The minimum Gasteiger partial charge on any atom is -0.462 e. The Bertz CT molecular complexity index is 1830. The molecule has 0 saturated heterocycles. The Morgan fingerprint density at radius 1 is 0.345 bits per heavy atom. The molecule has 0 bridgehead atoms. The quantitative estimate of drug-likeness (QED) is 0.0197. The van der Waals surface area contributed by atoms with Crippen LogP contribution in [0.15, 0.2) is 109 Å². The fraction of sp³-hybridized carbons (Fsp3) is 0.708. The summed E-state index contributed by atoms with van der Waals surface area (Å²) in [6, 6.07) is 0. The van der Waals surface area contributed by atoms with Gasteiger partial charge in [-0.15, -0.1) is 0 Å². The molecule has 3 unspecified atom stereocenters. The van der Waals surface area contributed by atoms with Crippen LogP contribution in [0.2, 0.25) is 0 Å². The molecule has 0 aromatic carbocycles. The molecule has 0 aliphatic rings. The molecule has 0 radical (unpaired) electrons. The lowest BCUT2D eigenvalue weighted by molar-refractivity contribution is -0.161. The highest BCUT2D eigenvalue weighted by molar-refractivity contribution is 7.47. The third-order valence-electron chi connectivity index (χ3n) is 14.2. The van der Waals surface area contributed by atoms with Crippen molar-refractivity contribution in [2.45, 2.75) is 303 Å². The summed E-state index contributed by atoms with van der Waals surface area (Å²) in [5.41, 5.74) is 0. The van der Waals surface area contributed by atoms with E-state index in [1.54, 1.807) is 0 Å². The second-order valence-corrected chi connectivity index (χ2v) is 23.7. The number of unbranched alkanes of at least 4 members (excludes halogenated alkanes) is 27. The Morgan fingerprint density at radius 3 is 1.05 bits per heavy atom. The molecule has 0 fully saturated rings. The van der Waals surface area contributed by atoms with Crippen molar-refractivity contribution in [3.63, 3.8) is 0 Å². The van der Waals surface area contributed by atoms with Gasteiger partial charge < -0.3 is 24.2 Å². The molecule has 0 rings (SSSR count). The van der Waals surface area contributed by atoms with Gasteiger partial charge in [-0.05, 0) is 96.3 Å². The number of phosphoric ester groups is 1. The standard InChI is InChI=1S/C72H123O11P/c1-4-7-10-13-16-19-22-25-28-31-34-37-40-43-46-49-52-55-58-61-70(74)79-65-69(83-72(76)63-60-57-54-51-48-45-42-39-36-33-30-27-24-21-18-15-12-9-6-3)67-81-84(77,78)80-66-68(64-73)82-71(75)62-59-56-53-50-47-44-41-38-35-32-29-26-23-20-17-14-11-8-5-2/h9,12,17-18,20-21,26-27,29-30,35-36,38-39,45,48,54,57,68-69,73H,4-8,10-11,13-16,19,22-25,28,31-34,37,40-44,46-47,49-53,55-56,58-67H2,1-3H3,(H,77,78)/b12-9-,20-17-,21-18-,29-26-,30-27-,38-35-,39-36-,48-45-,57-54-. The number of aliphatic hydroxyl groups excluding tert-OH is 1. The third kappa shape index (κ3) is 62.7. The summed E-state index contributed by atoms with van der Waals surface area (Å²) in [5, 5.41) is 9.87. The molecule has 0 saturated carbocycles. The molecule has 11 nitrogen and oxygen atoms in total. The Kier molecular flexibility index (Phi) is 62.1. The molecule has 12 heteroatoms. The maximum Gasteiger partial charge on any atom is 0.472 e. The number of phosphoric acid groups is 1. The van der Waals surface area contributed by atoms with Gasteiger partial charge in [0.15, 0.2) is 6.10 Å². The van der Waals surface area contributed by atoms with E-state index in [-0.39, 0.29) is 25.9 Å². The lowest BCUT2D eigenvalue weighted by atomic mass is 10.0. The van der Waals surface area contributed by atoms with Crippen molar-refractivity contribution < 1.29 is 52.2 Å². The molecule has 0 aromatic heterocycles. The second-order valence-electron chi connectivity index (χ2n) is 22.3. The van der Waals surface area contributed by atoms with Gasteiger partial charge in [0.25, 0.3) is 0 Å². The number of carbonyl (C=O) groups excluding carboxylic acids is 3. The van der Waals surface area contributed by atoms with Crippen molar-refractivity contribution >= 4 is 25.7 Å². The van der Waals surface area contributed by atoms with Gasteiger partial charge in [-0.3, -0.25) is 23.4 Å². The minimum atomic E-state index is -4.79. The average Bonchev–Trinajstić information content (AvgIpc) is 3.53. The maximum absolute atomic E-state index is 13.0. The first kappa shape index (κ1) is 80.1. The molecule has 0 heterocycles. The first-order valence-corrected chi connectivity index (χ1v) is 35.3. The number of aliphatic hydroxyl groups is 1. The van der Waals surface area contributed by atoms with Gasteiger partial charge in [-0.1, -0.05) is 284 Å². The van der Waals surface area contributed by atoms with Crippen LogP contribution >= 0.6 is 7.82 Å². The van der Waals surface area contributed by atoms with Crippen molar-refractivity contribution in [1.29, 1.82) is 0 Å². The fourth-order valence-electron chi connectivity index (χ4n) is 9.10. The van der Waals surface area contributed by atoms with Crippen LogP contribution in [0.4, 0.5) is 0 Å². The highest BCUT2D eigenvalue weighted by Crippen LogP contribution is 2.43. The zero-order valence-corrected chi connectivity index (χ0v) is 54.5. The number of carbonyl (C=O) groups is 3. The summed E-state index contributed by atoms with van der Waals surface area (Å²) in [5.74, 6) is -1.57. The lowest BCUT2D eigenvalue weighted by Gasteiger charge is -2.21. The summed E-state index contributed by atoms with van der Waals surface area (Å²) in [6.07, 6.45) is 80.5. The normalized spacial score (nSPS) is 13.9. The molecular formula is C72H123O11P. The number of rotatable bonds is 62. The van der Waals surface area contributed by atoms with Crippen LogP contribution in [0.5, 0.6) is 0 Å². The zero-order chi connectivity index (χ0) is 61.2. The molecule has 0 aromatic rings. The molecule has 3 atom stereocenters. The van der Waals surface area contributed by atoms with Crippen LogP contribution in [0.3, 0.4) is 0 Å². The van der Waals surface area contributed by atoms with Gasteiger partial charge in [0.05, 0.1) is 19.8 Å². The maximum atomic E-state index is 13.0. The molecule has 0 spiro atoms. The van der Waals surface area contributed by atoms with Crippen molar-refractivity contribution in [3.05, 3.63) is 109 Å². The van der Waals surface area contributed by atoms with E-state index in [1.165, 1.54) is 122 Å². The van der Waals surface area contributed by atoms with Gasteiger partial charge in [0.2, 0.25) is 0 Å². The number of hydrogen-bond acceptors (Lipinski definition) is 10. The number of esters is 3. The zero-order valence-electron chi connectivity index (χ0n) is 53.6. The predicted molar refractivity (Wildman–Crippen MR) is 353 cm³/mol. The first-order chi connectivity index (χ1) is 41.2. The highest BCUT2D eigenvalue weighted by Gasteiger charge is 2.28. The number of ether oxygens (including phenoxy) is 3. The molecule has 482 valence electrons. The highest BCUT2D eigenvalue weighted by atomic mass is 31.2. The first-order valence-electron chi connectivity index (χ1n) is 33.8. The molecule has 0 aliphatic carbocycles. The number of allylic oxidation sites excluding steroid dienone is 18. The van der Waals surface area contributed by atoms with E-state index < -0.39 is 57.8 Å². The van der Waals surface area contributed by atoms with Gasteiger partial charge in [0.1, 0.15) is 12.7 Å². The van der Waals surface area contributed by atoms with Crippen LogP contribution in [-0.4, -0.2) is 66.5 Å². The summed E-state index contributed by atoms with van der Waals surface area (Å²) >= 11 is 0. The fourth-order valence-corrected chi connectivity index (χ4v) is 9.88. The Hall–Kier alpha value is -3.86. The minimum absolute atomic E-state index is 0.0388. The van der Waals surface area contributed by atoms with Gasteiger partial charge in [0, 0.05) is 19.3 Å². The van der Waals surface area contributed by atoms with E-state index in [0.717, 1.165) is 103 Å². The van der Waals surface area contributed by atoms with Crippen LogP contribution in [-0.2, 0) is 42.2 Å². The predicted octanol–water partition coefficient (Wildman–Crippen LogP) is 20.9. The molecule has 0 amide bonds. The van der Waals surface area contributed by atoms with E-state index >= 15 is 0 Å². The second kappa shape index (κ2) is 65.1. The van der Waals surface area contributed by atoms with Gasteiger partial charge >= 0.3 is 25.7 Å². The van der Waals surface area contributed by atoms with Crippen molar-refractivity contribution in [2.75, 3.05) is 26.4 Å². The molecular weight excluding hydrogens is 1070 g/mol. The van der Waals surface area contributed by atoms with E-state index in [9.17, 15) is 28.9 Å². The Balaban J connectivity index is 4.78. The molecule has 0 aliphatic heterocycles. The van der Waals surface area contributed by atoms with Crippen LogP contribution < -0.4 is 0 Å². The van der Waals surface area contributed by atoms with Crippen molar-refractivity contribution in [2.24, 2.45) is 0 Å². The average molecular weight is 1200 g/mol. The van der Waals surface area contributed by atoms with Crippen LogP contribution in [0.1, 0.15) is 290 Å². The topological polar surface area (TPSA) is 155 Å². The van der Waals surface area contributed by atoms with E-state index in [2.05, 4.69) is 118 Å². The van der Waals surface area contributed by atoms with Crippen LogP contribution in [0.25, 0.3) is 0 Å². The SMILES string of the molecule is CC/C=C\C/C=C\C/C=C\C/C=C\C/C=C\C/C=C\CCC(=O)OC(COC(=O)CCCCCCCCCCCCCCCCCCCCC)COP(=O)(O)OCC(CO)OC(=O)CCCCCCCC/C=C\C/C=C\C/C=C\CCCCC. The largest absolute Gasteiger partial charge is 0.472 e. The Labute approximate surface area is 514 Å². The summed E-state index contributed by atoms with van der Waals surface area (Å²) in [7, 11) is -4.79. The molecule has 84 heavy (non-hydrogen) atoms.